The van der Waals surface area contributed by atoms with Crippen molar-refractivity contribution in [1.82, 2.24) is 0 Å². The van der Waals surface area contributed by atoms with Crippen molar-refractivity contribution in [3.63, 3.8) is 0 Å². The summed E-state index contributed by atoms with van der Waals surface area (Å²) in [6, 6.07) is 0. The standard InChI is InChI=1S/C20H38/c1-17-15-16-18-13-11-9-7-5-4-6-8-10-12-14-19(17)20(18,2)3/h17-19H,4-16H2,1-3H3. The highest BCUT2D eigenvalue weighted by molar-refractivity contribution is 4.92. The van der Waals surface area contributed by atoms with Gasteiger partial charge in [-0.05, 0) is 42.4 Å². The molecule has 2 saturated carbocycles. The van der Waals surface area contributed by atoms with Gasteiger partial charge in [0.2, 0.25) is 0 Å². The molecule has 0 N–H and O–H groups in total. The van der Waals surface area contributed by atoms with Crippen molar-refractivity contribution in [3.8, 4) is 0 Å². The lowest BCUT2D eigenvalue weighted by Gasteiger charge is -2.49. The highest BCUT2D eigenvalue weighted by atomic mass is 14.5. The van der Waals surface area contributed by atoms with Crippen LogP contribution in [-0.2, 0) is 0 Å². The van der Waals surface area contributed by atoms with E-state index in [2.05, 4.69) is 20.8 Å². The van der Waals surface area contributed by atoms with Crippen LogP contribution < -0.4 is 0 Å². The van der Waals surface area contributed by atoms with Crippen molar-refractivity contribution in [2.75, 3.05) is 0 Å². The predicted molar refractivity (Wildman–Crippen MR) is 89.9 cm³/mol. The van der Waals surface area contributed by atoms with Crippen LogP contribution in [0.25, 0.3) is 0 Å². The lowest BCUT2D eigenvalue weighted by atomic mass is 9.56. The van der Waals surface area contributed by atoms with Gasteiger partial charge in [0.25, 0.3) is 0 Å². The van der Waals surface area contributed by atoms with Crippen LogP contribution in [0, 0.1) is 23.2 Å². The van der Waals surface area contributed by atoms with Crippen LogP contribution in [0.15, 0.2) is 0 Å². The summed E-state index contributed by atoms with van der Waals surface area (Å²) in [6.45, 7) is 7.74. The summed E-state index contributed by atoms with van der Waals surface area (Å²) in [5.41, 5.74) is 0.599. The molecular formula is C20H38. The number of hydrogen-bond acceptors (Lipinski definition) is 0. The maximum atomic E-state index is 2.60. The summed E-state index contributed by atoms with van der Waals surface area (Å²) in [7, 11) is 0. The van der Waals surface area contributed by atoms with E-state index in [1.54, 1.807) is 0 Å². The fourth-order valence-electron chi connectivity index (χ4n) is 5.24. The Hall–Kier alpha value is 0. The lowest BCUT2D eigenvalue weighted by Crippen LogP contribution is -2.40. The van der Waals surface area contributed by atoms with Gasteiger partial charge in [-0.3, -0.25) is 0 Å². The smallest absolute Gasteiger partial charge is 0.0295 e. The monoisotopic (exact) mass is 278 g/mol. The van der Waals surface area contributed by atoms with Crippen LogP contribution in [-0.4, -0.2) is 0 Å². The maximum absolute atomic E-state index is 2.60. The Morgan fingerprint density at radius 2 is 1.10 bits per heavy atom. The minimum Gasteiger partial charge on any atom is -0.0622 e. The summed E-state index contributed by atoms with van der Waals surface area (Å²) < 4.78 is 0. The van der Waals surface area contributed by atoms with Crippen LogP contribution >= 0.6 is 0 Å². The van der Waals surface area contributed by atoms with Crippen molar-refractivity contribution in [2.45, 2.75) is 104 Å². The van der Waals surface area contributed by atoms with E-state index in [1.165, 1.54) is 83.5 Å². The second-order valence-corrected chi connectivity index (χ2v) is 8.44. The minimum atomic E-state index is 0.599. The Morgan fingerprint density at radius 3 is 1.70 bits per heavy atom. The zero-order chi connectivity index (χ0) is 14.4. The van der Waals surface area contributed by atoms with E-state index in [4.69, 9.17) is 0 Å². The van der Waals surface area contributed by atoms with E-state index < -0.39 is 0 Å². The molecule has 2 aliphatic rings. The van der Waals surface area contributed by atoms with Crippen LogP contribution in [0.3, 0.4) is 0 Å². The van der Waals surface area contributed by atoms with Gasteiger partial charge in [0.05, 0.1) is 0 Å². The molecule has 0 heterocycles. The van der Waals surface area contributed by atoms with Crippen LogP contribution in [0.2, 0.25) is 0 Å². The Kier molecular flexibility index (Phi) is 6.43. The molecule has 0 aromatic heterocycles. The first-order valence-corrected chi connectivity index (χ1v) is 9.62. The SMILES string of the molecule is CC1CCC2CCCCCCCCCCCC1C2(C)C. The molecule has 3 unspecified atom stereocenters. The molecule has 2 bridgehead atoms. The molecule has 0 heteroatoms. The fourth-order valence-corrected chi connectivity index (χ4v) is 5.24. The number of rotatable bonds is 0. The third-order valence-corrected chi connectivity index (χ3v) is 6.73. The van der Waals surface area contributed by atoms with Gasteiger partial charge >= 0.3 is 0 Å². The van der Waals surface area contributed by atoms with E-state index >= 15 is 0 Å². The topological polar surface area (TPSA) is 0 Å². The molecule has 20 heavy (non-hydrogen) atoms. The zero-order valence-corrected chi connectivity index (χ0v) is 14.4. The zero-order valence-electron chi connectivity index (χ0n) is 14.4. The Morgan fingerprint density at radius 1 is 0.600 bits per heavy atom. The molecule has 3 atom stereocenters. The maximum Gasteiger partial charge on any atom is -0.0295 e. The molecule has 0 nitrogen and oxygen atoms in total. The molecule has 2 rings (SSSR count). The quantitative estimate of drug-likeness (QED) is 0.448. The molecule has 0 amide bonds. The number of hydrogen-bond donors (Lipinski definition) is 0. The third kappa shape index (κ3) is 4.25. The first-order chi connectivity index (χ1) is 9.62. The summed E-state index contributed by atoms with van der Waals surface area (Å²) in [5.74, 6) is 2.96. The van der Waals surface area contributed by atoms with Crippen molar-refractivity contribution in [2.24, 2.45) is 23.2 Å². The average molecular weight is 279 g/mol. The van der Waals surface area contributed by atoms with Crippen molar-refractivity contribution < 1.29 is 0 Å². The molecule has 0 saturated heterocycles. The second-order valence-electron chi connectivity index (χ2n) is 8.44. The first-order valence-electron chi connectivity index (χ1n) is 9.62. The van der Waals surface area contributed by atoms with E-state index in [1.807, 2.05) is 0 Å². The van der Waals surface area contributed by atoms with Crippen LogP contribution in [0.1, 0.15) is 104 Å². The molecular weight excluding hydrogens is 240 g/mol. The van der Waals surface area contributed by atoms with E-state index in [9.17, 15) is 0 Å². The molecule has 0 aliphatic heterocycles. The van der Waals surface area contributed by atoms with Gasteiger partial charge in [0.15, 0.2) is 0 Å². The van der Waals surface area contributed by atoms with Gasteiger partial charge in [0.1, 0.15) is 0 Å². The molecule has 2 aliphatic carbocycles. The summed E-state index contributed by atoms with van der Waals surface area (Å²) >= 11 is 0. The fraction of sp³-hybridized carbons (Fsp3) is 1.00. The Balaban J connectivity index is 1.98. The van der Waals surface area contributed by atoms with E-state index in [-0.39, 0.29) is 0 Å². The van der Waals surface area contributed by atoms with Gasteiger partial charge in [-0.1, -0.05) is 85.0 Å². The van der Waals surface area contributed by atoms with Crippen molar-refractivity contribution in [1.29, 1.82) is 0 Å². The molecule has 0 aromatic carbocycles. The van der Waals surface area contributed by atoms with Gasteiger partial charge in [-0.2, -0.15) is 0 Å². The third-order valence-electron chi connectivity index (χ3n) is 6.73. The molecule has 0 radical (unpaired) electrons. The molecule has 0 aromatic rings. The van der Waals surface area contributed by atoms with Gasteiger partial charge in [-0.15, -0.1) is 0 Å². The first kappa shape index (κ1) is 16.4. The molecule has 2 fully saturated rings. The highest BCUT2D eigenvalue weighted by Gasteiger charge is 2.42. The van der Waals surface area contributed by atoms with Gasteiger partial charge < -0.3 is 0 Å². The van der Waals surface area contributed by atoms with Crippen molar-refractivity contribution >= 4 is 0 Å². The lowest BCUT2D eigenvalue weighted by molar-refractivity contribution is 0.00615. The van der Waals surface area contributed by atoms with Gasteiger partial charge in [-0.25, -0.2) is 0 Å². The predicted octanol–water partition coefficient (Wildman–Crippen LogP) is 6.98. The molecule has 0 spiro atoms. The van der Waals surface area contributed by atoms with E-state index in [0.29, 0.717) is 5.41 Å². The van der Waals surface area contributed by atoms with Gasteiger partial charge in [0, 0.05) is 0 Å². The summed E-state index contributed by atoms with van der Waals surface area (Å²) in [6.07, 6.45) is 19.5. The largest absolute Gasteiger partial charge is 0.0622 e. The van der Waals surface area contributed by atoms with E-state index in [0.717, 1.165) is 17.8 Å². The second kappa shape index (κ2) is 7.85. The Bertz CT molecular complexity index is 265. The normalized spacial score (nSPS) is 37.0. The Labute approximate surface area is 128 Å². The minimum absolute atomic E-state index is 0.599. The summed E-state index contributed by atoms with van der Waals surface area (Å²) in [4.78, 5) is 0. The van der Waals surface area contributed by atoms with Crippen LogP contribution in [0.4, 0.5) is 0 Å². The van der Waals surface area contributed by atoms with Crippen LogP contribution in [0.5, 0.6) is 0 Å². The highest BCUT2D eigenvalue weighted by Crippen LogP contribution is 2.51. The number of fused-ring (bicyclic) bond motifs is 2. The van der Waals surface area contributed by atoms with Crippen molar-refractivity contribution in [3.05, 3.63) is 0 Å². The molecule has 118 valence electrons. The summed E-state index contributed by atoms with van der Waals surface area (Å²) in [5, 5.41) is 0. The average Bonchev–Trinajstić information content (AvgIpc) is 2.40.